The molecule has 184 valence electrons. The largest absolute Gasteiger partial charge is 0.493 e. The number of methoxy groups -OCH3 is 1. The molecule has 1 heterocycles. The van der Waals surface area contributed by atoms with Gasteiger partial charge in [-0.15, -0.1) is 0 Å². The molecule has 0 bridgehead atoms. The number of amides is 1. The average Bonchev–Trinajstić information content (AvgIpc) is 2.81. The number of nitrogens with one attached hydrogen (secondary N) is 1. The molecule has 12 heteroatoms. The summed E-state index contributed by atoms with van der Waals surface area (Å²) >= 11 is 0. The molecule has 0 aliphatic rings. The maximum absolute atomic E-state index is 12.8. The Labute approximate surface area is 198 Å². The Morgan fingerprint density at radius 2 is 1.83 bits per heavy atom. The fourth-order valence-corrected chi connectivity index (χ4v) is 3.22. The lowest BCUT2D eigenvalue weighted by atomic mass is 10.1. The molecule has 1 N–H and O–H groups in total. The van der Waals surface area contributed by atoms with Gasteiger partial charge < -0.3 is 23.4 Å². The first kappa shape index (κ1) is 25.0. The molecule has 0 aliphatic heterocycles. The molecule has 0 radical (unpaired) electrons. The van der Waals surface area contributed by atoms with Crippen LogP contribution < -0.4 is 20.4 Å². The highest BCUT2D eigenvalue weighted by molar-refractivity contribution is 5.95. The third-order valence-electron chi connectivity index (χ3n) is 4.71. The van der Waals surface area contributed by atoms with Crippen LogP contribution in [0.1, 0.15) is 29.8 Å². The number of nitro benzene ring substituents is 1. The molecule has 1 amide bonds. The quantitative estimate of drug-likeness (QED) is 0.203. The van der Waals surface area contributed by atoms with E-state index in [1.165, 1.54) is 19.2 Å². The summed E-state index contributed by atoms with van der Waals surface area (Å²) < 4.78 is 25.8. The fraction of sp³-hybridized carbons (Fsp3) is 0.261. The highest BCUT2D eigenvalue weighted by Crippen LogP contribution is 2.35. The summed E-state index contributed by atoms with van der Waals surface area (Å²) in [6, 6.07) is 7.92. The molecule has 1 aromatic heterocycles. The Morgan fingerprint density at radius 3 is 2.49 bits per heavy atom. The van der Waals surface area contributed by atoms with Crippen LogP contribution in [0.4, 0.5) is 16.2 Å². The number of carbonyl (C=O) groups is 2. The first-order valence-corrected chi connectivity index (χ1v) is 10.4. The second-order valence-corrected chi connectivity index (χ2v) is 6.93. The molecule has 0 fully saturated rings. The Kier molecular flexibility index (Phi) is 7.87. The summed E-state index contributed by atoms with van der Waals surface area (Å²) in [6.07, 6.45) is -0.674. The van der Waals surface area contributed by atoms with E-state index < -0.39 is 28.3 Å². The summed E-state index contributed by atoms with van der Waals surface area (Å²) in [5.41, 5.74) is -0.827. The number of benzene rings is 2. The summed E-state index contributed by atoms with van der Waals surface area (Å²) in [5.74, 6) is -0.767. The van der Waals surface area contributed by atoms with Crippen LogP contribution >= 0.6 is 0 Å². The summed E-state index contributed by atoms with van der Waals surface area (Å²) in [5, 5.41) is 14.4. The number of rotatable bonds is 9. The molecule has 35 heavy (non-hydrogen) atoms. The molecule has 2 aromatic carbocycles. The van der Waals surface area contributed by atoms with Crippen molar-refractivity contribution in [2.45, 2.75) is 20.5 Å². The normalized spacial score (nSPS) is 10.5. The molecule has 12 nitrogen and oxygen atoms in total. The van der Waals surface area contributed by atoms with Crippen molar-refractivity contribution in [2.75, 3.05) is 25.6 Å². The zero-order valence-electron chi connectivity index (χ0n) is 19.1. The van der Waals surface area contributed by atoms with E-state index in [0.29, 0.717) is 16.6 Å². The van der Waals surface area contributed by atoms with Gasteiger partial charge in [0, 0.05) is 34.8 Å². The van der Waals surface area contributed by atoms with E-state index in [1.54, 1.807) is 26.0 Å². The van der Waals surface area contributed by atoms with E-state index >= 15 is 0 Å². The van der Waals surface area contributed by atoms with Gasteiger partial charge >= 0.3 is 17.7 Å². The smallest absolute Gasteiger partial charge is 0.411 e. The van der Waals surface area contributed by atoms with Crippen molar-refractivity contribution in [1.82, 2.24) is 0 Å². The van der Waals surface area contributed by atoms with Crippen molar-refractivity contribution >= 4 is 34.4 Å². The summed E-state index contributed by atoms with van der Waals surface area (Å²) in [7, 11) is 1.32. The van der Waals surface area contributed by atoms with Crippen molar-refractivity contribution in [2.24, 2.45) is 0 Å². The number of carbonyl (C=O) groups excluding carboxylic acids is 2. The Bertz CT molecular complexity index is 1330. The molecular weight excluding hydrogens is 464 g/mol. The first-order chi connectivity index (χ1) is 16.8. The molecule has 0 unspecified atom stereocenters. The molecular formula is C23H22N2O10. The van der Waals surface area contributed by atoms with Gasteiger partial charge in [-0.3, -0.25) is 15.4 Å². The van der Waals surface area contributed by atoms with Gasteiger partial charge in [-0.2, -0.15) is 0 Å². The van der Waals surface area contributed by atoms with Crippen LogP contribution in [0, 0.1) is 10.1 Å². The topological polar surface area (TPSA) is 156 Å². The predicted molar refractivity (Wildman–Crippen MR) is 123 cm³/mol. The average molecular weight is 486 g/mol. The summed E-state index contributed by atoms with van der Waals surface area (Å²) in [4.78, 5) is 47.2. The fourth-order valence-electron chi connectivity index (χ4n) is 3.22. The number of hydrogen-bond acceptors (Lipinski definition) is 10. The maximum Gasteiger partial charge on any atom is 0.411 e. The third kappa shape index (κ3) is 5.85. The van der Waals surface area contributed by atoms with Crippen molar-refractivity contribution in [1.29, 1.82) is 0 Å². The van der Waals surface area contributed by atoms with Crippen molar-refractivity contribution < 1.29 is 37.9 Å². The Hall–Kier alpha value is -4.61. The zero-order chi connectivity index (χ0) is 25.5. The van der Waals surface area contributed by atoms with Crippen LogP contribution in [0.3, 0.4) is 0 Å². The van der Waals surface area contributed by atoms with Crippen LogP contribution in [-0.2, 0) is 16.1 Å². The van der Waals surface area contributed by atoms with Gasteiger partial charge in [-0.05, 0) is 26.0 Å². The lowest BCUT2D eigenvalue weighted by Crippen LogP contribution is -2.13. The molecule has 0 aliphatic carbocycles. The number of hydrogen-bond donors (Lipinski definition) is 1. The van der Waals surface area contributed by atoms with E-state index in [4.69, 9.17) is 23.4 Å². The lowest BCUT2D eigenvalue weighted by molar-refractivity contribution is -0.385. The zero-order valence-corrected chi connectivity index (χ0v) is 19.1. The standard InChI is InChI=1S/C23H22N2O10/c1-4-32-20-10-16(17(25(29)30)11-19(20)31-3)22(27)34-12-13-8-21(26)35-18-9-14(6-7-15(13)18)24-23(28)33-5-2/h6-11H,4-5,12H2,1-3H3,(H,24,28). The minimum absolute atomic E-state index is 0.0917. The summed E-state index contributed by atoms with van der Waals surface area (Å²) in [6.45, 7) is 3.41. The predicted octanol–water partition coefficient (Wildman–Crippen LogP) is 4.03. The maximum atomic E-state index is 12.8. The van der Waals surface area contributed by atoms with Gasteiger partial charge in [0.2, 0.25) is 0 Å². The van der Waals surface area contributed by atoms with Crippen LogP contribution in [0.15, 0.2) is 45.6 Å². The van der Waals surface area contributed by atoms with Gasteiger partial charge in [0.1, 0.15) is 17.8 Å². The van der Waals surface area contributed by atoms with E-state index in [9.17, 15) is 24.5 Å². The number of nitro groups is 1. The first-order valence-electron chi connectivity index (χ1n) is 10.4. The van der Waals surface area contributed by atoms with Crippen LogP contribution in [0.2, 0.25) is 0 Å². The molecule has 0 saturated heterocycles. The number of esters is 1. The van der Waals surface area contributed by atoms with Gasteiger partial charge in [0.25, 0.3) is 5.69 Å². The van der Waals surface area contributed by atoms with Crippen LogP contribution in [-0.4, -0.2) is 37.3 Å². The minimum atomic E-state index is -0.998. The lowest BCUT2D eigenvalue weighted by Gasteiger charge is -2.12. The Morgan fingerprint density at radius 1 is 1.06 bits per heavy atom. The highest BCUT2D eigenvalue weighted by Gasteiger charge is 2.26. The van der Waals surface area contributed by atoms with E-state index in [-0.39, 0.29) is 42.5 Å². The molecule has 3 aromatic rings. The molecule has 0 spiro atoms. The number of nitrogens with zero attached hydrogens (tertiary/aromatic N) is 1. The minimum Gasteiger partial charge on any atom is -0.493 e. The van der Waals surface area contributed by atoms with Crippen molar-refractivity contribution in [3.8, 4) is 11.5 Å². The Balaban J connectivity index is 1.89. The van der Waals surface area contributed by atoms with E-state index in [2.05, 4.69) is 5.32 Å². The molecule has 3 rings (SSSR count). The van der Waals surface area contributed by atoms with E-state index in [1.807, 2.05) is 0 Å². The molecule has 0 atom stereocenters. The number of anilines is 1. The van der Waals surface area contributed by atoms with Crippen molar-refractivity contribution in [3.63, 3.8) is 0 Å². The SMILES string of the molecule is CCOC(=O)Nc1ccc2c(COC(=O)c3cc(OCC)c(OC)cc3[N+](=O)[O-])cc(=O)oc2c1. The van der Waals surface area contributed by atoms with Gasteiger partial charge in [0.15, 0.2) is 11.5 Å². The van der Waals surface area contributed by atoms with Gasteiger partial charge in [-0.1, -0.05) is 0 Å². The van der Waals surface area contributed by atoms with Gasteiger partial charge in [0.05, 0.1) is 31.3 Å². The van der Waals surface area contributed by atoms with Crippen LogP contribution in [0.25, 0.3) is 11.0 Å². The third-order valence-corrected chi connectivity index (χ3v) is 4.71. The second-order valence-electron chi connectivity index (χ2n) is 6.93. The second kappa shape index (κ2) is 11.0. The van der Waals surface area contributed by atoms with Crippen LogP contribution in [0.5, 0.6) is 11.5 Å². The monoisotopic (exact) mass is 486 g/mol. The van der Waals surface area contributed by atoms with Crippen molar-refractivity contribution in [3.05, 3.63) is 68.1 Å². The number of fused-ring (bicyclic) bond motifs is 1. The van der Waals surface area contributed by atoms with Gasteiger partial charge in [-0.25, -0.2) is 14.4 Å². The number of ether oxygens (including phenoxy) is 4. The van der Waals surface area contributed by atoms with E-state index in [0.717, 1.165) is 12.1 Å². The molecule has 0 saturated carbocycles. The highest BCUT2D eigenvalue weighted by atomic mass is 16.6.